The molecule has 2 aromatic heterocycles. The average Bonchev–Trinajstić information content (AvgIpc) is 3.34. The third-order valence-electron chi connectivity index (χ3n) is 7.19. The van der Waals surface area contributed by atoms with Crippen molar-refractivity contribution in [2.24, 2.45) is 11.8 Å². The Balaban J connectivity index is 1.39. The van der Waals surface area contributed by atoms with Crippen LogP contribution in [0, 0.1) is 11.8 Å². The van der Waals surface area contributed by atoms with Gasteiger partial charge in [-0.3, -0.25) is 0 Å². The largest absolute Gasteiger partial charge is 0.444 e. The quantitative estimate of drug-likeness (QED) is 0.305. The zero-order valence-electron chi connectivity index (χ0n) is 20.6. The normalized spacial score (nSPS) is 29.1. The van der Waals surface area contributed by atoms with Gasteiger partial charge in [0.05, 0.1) is 17.5 Å². The van der Waals surface area contributed by atoms with Crippen LogP contribution in [0.3, 0.4) is 0 Å². The van der Waals surface area contributed by atoms with E-state index < -0.39 is 11.4 Å². The molecule has 192 valence electrons. The first-order valence-electron chi connectivity index (χ1n) is 12.1. The van der Waals surface area contributed by atoms with Gasteiger partial charge in [0.2, 0.25) is 5.28 Å². The second kappa shape index (κ2) is 9.01. The van der Waals surface area contributed by atoms with E-state index in [-0.39, 0.29) is 35.5 Å². The lowest BCUT2D eigenvalue weighted by Gasteiger charge is -2.37. The Kier molecular flexibility index (Phi) is 6.57. The molecule has 5 rings (SSSR count). The van der Waals surface area contributed by atoms with Gasteiger partial charge in [-0.1, -0.05) is 11.6 Å². The lowest BCUT2D eigenvalue weighted by molar-refractivity contribution is -0.163. The maximum atomic E-state index is 12.5. The van der Waals surface area contributed by atoms with Crippen LogP contribution in [0.4, 0.5) is 4.79 Å². The molecule has 3 aliphatic rings. The van der Waals surface area contributed by atoms with Gasteiger partial charge in [0.1, 0.15) is 22.5 Å². The molecule has 0 N–H and O–H groups in total. The number of hydrogen-bond acceptors (Lipinski definition) is 6. The van der Waals surface area contributed by atoms with Crippen molar-refractivity contribution in [3.63, 3.8) is 0 Å². The number of nitrogens with zero attached hydrogens (tertiary/aromatic N) is 4. The second-order valence-electron chi connectivity index (χ2n) is 11.2. The van der Waals surface area contributed by atoms with E-state index in [0.29, 0.717) is 29.8 Å². The van der Waals surface area contributed by atoms with Crippen LogP contribution >= 0.6 is 39.1 Å². The average molecular weight is 590 g/mol. The van der Waals surface area contributed by atoms with Gasteiger partial charge >= 0.3 is 6.09 Å². The van der Waals surface area contributed by atoms with Gasteiger partial charge in [0.25, 0.3) is 0 Å². The summed E-state index contributed by atoms with van der Waals surface area (Å²) in [5.74, 6) is 0.0285. The maximum Gasteiger partial charge on any atom is 0.410 e. The van der Waals surface area contributed by atoms with Gasteiger partial charge in [-0.15, -0.1) is 0 Å². The molecule has 2 aliphatic heterocycles. The van der Waals surface area contributed by atoms with Crippen LogP contribution in [0.25, 0.3) is 11.0 Å². The number of hydrogen-bond donors (Lipinski definition) is 0. The fraction of sp³-hybridized carbons (Fsp3) is 0.708. The zero-order valence-corrected chi connectivity index (χ0v) is 23.7. The summed E-state index contributed by atoms with van der Waals surface area (Å²) < 4.78 is 21.4. The van der Waals surface area contributed by atoms with Crippen LogP contribution in [0.15, 0.2) is 10.7 Å². The number of carbonyl (C=O) groups is 1. The summed E-state index contributed by atoms with van der Waals surface area (Å²) in [6.07, 6.45) is 4.26. The number of carbonyl (C=O) groups excluding carboxylic acids is 1. The van der Waals surface area contributed by atoms with Gasteiger partial charge < -0.3 is 23.7 Å². The van der Waals surface area contributed by atoms with Crippen molar-refractivity contribution >= 4 is 56.3 Å². The first-order chi connectivity index (χ1) is 16.3. The topological polar surface area (TPSA) is 78.7 Å². The fourth-order valence-corrected chi connectivity index (χ4v) is 7.03. The van der Waals surface area contributed by atoms with Crippen molar-refractivity contribution in [2.45, 2.75) is 83.5 Å². The summed E-state index contributed by atoms with van der Waals surface area (Å²) >= 11 is 16.2. The second-order valence-corrected chi connectivity index (χ2v) is 12.8. The molecule has 1 amide bonds. The minimum Gasteiger partial charge on any atom is -0.444 e. The van der Waals surface area contributed by atoms with E-state index in [9.17, 15) is 4.79 Å². The maximum absolute atomic E-state index is 12.5. The number of ether oxygens (including phenoxy) is 3. The lowest BCUT2D eigenvalue weighted by atomic mass is 9.82. The highest BCUT2D eigenvalue weighted by Crippen LogP contribution is 2.52. The monoisotopic (exact) mass is 588 g/mol. The Morgan fingerprint density at radius 2 is 1.83 bits per heavy atom. The Labute approximate surface area is 223 Å². The summed E-state index contributed by atoms with van der Waals surface area (Å²) in [6, 6.07) is 0.00601. The Bertz CT molecular complexity index is 1140. The number of piperidine rings is 1. The van der Waals surface area contributed by atoms with Crippen LogP contribution in [0.2, 0.25) is 10.4 Å². The standard InChI is InChI=1S/C24H31BrCl2N4O4/c1-23(2,3)35-22(32)30-8-6-12(7-9-30)13-10-15(18-17(13)33-24(4,5)34-18)31-11-14(25)16-19(26)28-21(27)29-20(16)31/h11-13,15,17-18H,6-10H2,1-5H3/t13-,15-,17-,18+/m1/s1. The van der Waals surface area contributed by atoms with Crippen molar-refractivity contribution in [2.75, 3.05) is 13.1 Å². The predicted molar refractivity (Wildman–Crippen MR) is 137 cm³/mol. The molecule has 2 aromatic rings. The zero-order chi connectivity index (χ0) is 25.3. The number of likely N-dealkylation sites (tertiary alicyclic amines) is 1. The molecule has 11 heteroatoms. The Hall–Kier alpha value is -1.13. The highest BCUT2D eigenvalue weighted by atomic mass is 79.9. The van der Waals surface area contributed by atoms with E-state index in [0.717, 1.165) is 29.1 Å². The first-order valence-corrected chi connectivity index (χ1v) is 13.6. The summed E-state index contributed by atoms with van der Waals surface area (Å²) in [6.45, 7) is 11.0. The van der Waals surface area contributed by atoms with E-state index in [1.165, 1.54) is 0 Å². The van der Waals surface area contributed by atoms with E-state index >= 15 is 0 Å². The van der Waals surface area contributed by atoms with Crippen LogP contribution in [0.1, 0.15) is 59.9 Å². The SMILES string of the molecule is CC(C)(C)OC(=O)N1CCC([C@H]2C[C@@H](n3cc(Br)c4c(Cl)nc(Cl)nc43)[C@@H]3OC(C)(C)O[C@@H]32)CC1. The van der Waals surface area contributed by atoms with E-state index in [2.05, 4.69) is 30.5 Å². The third kappa shape index (κ3) is 4.91. The number of aromatic nitrogens is 3. The lowest BCUT2D eigenvalue weighted by Crippen LogP contribution is -2.44. The number of halogens is 3. The van der Waals surface area contributed by atoms with E-state index in [1.807, 2.05) is 45.7 Å². The fourth-order valence-electron chi connectivity index (χ4n) is 5.85. The van der Waals surface area contributed by atoms with Crippen LogP contribution in [0.5, 0.6) is 0 Å². The smallest absolute Gasteiger partial charge is 0.410 e. The summed E-state index contributed by atoms with van der Waals surface area (Å²) in [4.78, 5) is 23.0. The van der Waals surface area contributed by atoms with Gasteiger partial charge in [-0.2, -0.15) is 4.98 Å². The molecule has 35 heavy (non-hydrogen) atoms. The molecular formula is C24H31BrCl2N4O4. The molecule has 3 fully saturated rings. The highest BCUT2D eigenvalue weighted by molar-refractivity contribution is 9.10. The van der Waals surface area contributed by atoms with E-state index in [4.69, 9.17) is 37.4 Å². The number of fused-ring (bicyclic) bond motifs is 2. The van der Waals surface area contributed by atoms with Crippen molar-refractivity contribution in [1.82, 2.24) is 19.4 Å². The summed E-state index contributed by atoms with van der Waals surface area (Å²) in [5, 5.41) is 1.16. The third-order valence-corrected chi connectivity index (χ3v) is 8.23. The molecule has 4 heterocycles. The van der Waals surface area contributed by atoms with Crippen LogP contribution in [-0.4, -0.2) is 62.2 Å². The molecular weight excluding hydrogens is 559 g/mol. The molecule has 0 spiro atoms. The van der Waals surface area contributed by atoms with Gasteiger partial charge in [0.15, 0.2) is 5.79 Å². The van der Waals surface area contributed by atoms with Crippen molar-refractivity contribution in [3.8, 4) is 0 Å². The van der Waals surface area contributed by atoms with Crippen molar-refractivity contribution in [1.29, 1.82) is 0 Å². The molecule has 0 aromatic carbocycles. The van der Waals surface area contributed by atoms with Gasteiger partial charge in [-0.05, 0) is 93.2 Å². The van der Waals surface area contributed by atoms with Crippen molar-refractivity contribution < 1.29 is 19.0 Å². The summed E-state index contributed by atoms with van der Waals surface area (Å²) in [5.41, 5.74) is 0.183. The Morgan fingerprint density at radius 1 is 1.17 bits per heavy atom. The molecule has 8 nitrogen and oxygen atoms in total. The van der Waals surface area contributed by atoms with Gasteiger partial charge in [-0.25, -0.2) is 9.78 Å². The Morgan fingerprint density at radius 3 is 2.49 bits per heavy atom. The number of amides is 1. The van der Waals surface area contributed by atoms with E-state index in [1.54, 1.807) is 0 Å². The predicted octanol–water partition coefficient (Wildman–Crippen LogP) is 6.23. The molecule has 0 unspecified atom stereocenters. The molecule has 0 radical (unpaired) electrons. The highest BCUT2D eigenvalue weighted by Gasteiger charge is 2.56. The molecule has 1 saturated carbocycles. The van der Waals surface area contributed by atoms with Gasteiger partial charge in [0, 0.05) is 23.8 Å². The molecule has 4 atom stereocenters. The number of rotatable bonds is 2. The minimum atomic E-state index is -0.673. The minimum absolute atomic E-state index is 0.00601. The first kappa shape index (κ1) is 25.5. The summed E-state index contributed by atoms with van der Waals surface area (Å²) in [7, 11) is 0. The molecule has 2 saturated heterocycles. The van der Waals surface area contributed by atoms with Crippen molar-refractivity contribution in [3.05, 3.63) is 21.1 Å². The van der Waals surface area contributed by atoms with Crippen LogP contribution < -0.4 is 0 Å². The molecule has 0 bridgehead atoms. The molecule has 1 aliphatic carbocycles. The van der Waals surface area contributed by atoms with Crippen LogP contribution in [-0.2, 0) is 14.2 Å².